The Hall–Kier alpha value is -2.23. The van der Waals surface area contributed by atoms with Crippen molar-refractivity contribution in [2.24, 2.45) is 5.92 Å². The Kier molecular flexibility index (Phi) is 3.22. The monoisotopic (exact) mass is 271 g/mol. The van der Waals surface area contributed by atoms with Gasteiger partial charge in [-0.15, -0.1) is 0 Å². The average molecular weight is 271 g/mol. The molecule has 1 aromatic carbocycles. The van der Waals surface area contributed by atoms with Crippen molar-refractivity contribution in [1.29, 1.82) is 0 Å². The summed E-state index contributed by atoms with van der Waals surface area (Å²) >= 11 is 0. The summed E-state index contributed by atoms with van der Waals surface area (Å²) in [5.74, 6) is 2.41. The number of nitrogens with one attached hydrogen (secondary N) is 1. The molecule has 1 aliphatic rings. The molecule has 2 atom stereocenters. The normalized spacial score (nSPS) is 20.6. The smallest absolute Gasteiger partial charge is 0.335 e. The van der Waals surface area contributed by atoms with Crippen LogP contribution in [-0.4, -0.2) is 11.1 Å². The average Bonchev–Trinajstić information content (AvgIpc) is 3.00. The zero-order chi connectivity index (χ0) is 14.1. The molecule has 0 radical (unpaired) electrons. The Bertz CT molecular complexity index is 615. The quantitative estimate of drug-likeness (QED) is 0.870. The molecule has 2 unspecified atom stereocenters. The first-order chi connectivity index (χ1) is 9.63. The summed E-state index contributed by atoms with van der Waals surface area (Å²) in [4.78, 5) is 10.8. The van der Waals surface area contributed by atoms with Gasteiger partial charge in [0.15, 0.2) is 0 Å². The molecule has 1 aromatic heterocycles. The molecule has 1 fully saturated rings. The van der Waals surface area contributed by atoms with Gasteiger partial charge in [-0.05, 0) is 48.7 Å². The number of hydrogen-bond acceptors (Lipinski definition) is 3. The van der Waals surface area contributed by atoms with Crippen LogP contribution in [0.1, 0.15) is 41.1 Å². The van der Waals surface area contributed by atoms with Crippen molar-refractivity contribution < 1.29 is 14.3 Å². The second-order valence-electron chi connectivity index (χ2n) is 5.36. The van der Waals surface area contributed by atoms with E-state index >= 15 is 0 Å². The second kappa shape index (κ2) is 5.04. The fourth-order valence-corrected chi connectivity index (χ4v) is 2.33. The Labute approximate surface area is 117 Å². The van der Waals surface area contributed by atoms with Crippen LogP contribution < -0.4 is 5.32 Å². The standard InChI is InChI=1S/C16H17NO3/c1-10-8-14(10)15-7-6-13(20-15)9-17-12-4-2-11(3-5-12)16(18)19/h2-7,10,14,17H,8-9H2,1H3,(H,18,19). The molecule has 0 spiro atoms. The van der Waals surface area contributed by atoms with Gasteiger partial charge in [0, 0.05) is 11.6 Å². The topological polar surface area (TPSA) is 62.5 Å². The third kappa shape index (κ3) is 2.69. The van der Waals surface area contributed by atoms with Gasteiger partial charge in [0.2, 0.25) is 0 Å². The van der Waals surface area contributed by atoms with Crippen LogP contribution in [0.25, 0.3) is 0 Å². The van der Waals surface area contributed by atoms with Crippen LogP contribution in [-0.2, 0) is 6.54 Å². The maximum absolute atomic E-state index is 10.8. The highest BCUT2D eigenvalue weighted by molar-refractivity contribution is 5.87. The maximum Gasteiger partial charge on any atom is 0.335 e. The fourth-order valence-electron chi connectivity index (χ4n) is 2.33. The number of furan rings is 1. The number of benzene rings is 1. The van der Waals surface area contributed by atoms with Crippen LogP contribution in [0.5, 0.6) is 0 Å². The van der Waals surface area contributed by atoms with Crippen LogP contribution in [0.3, 0.4) is 0 Å². The van der Waals surface area contributed by atoms with Gasteiger partial charge in [0.1, 0.15) is 11.5 Å². The number of aromatic carboxylic acids is 1. The van der Waals surface area contributed by atoms with E-state index in [1.54, 1.807) is 24.3 Å². The highest BCUT2D eigenvalue weighted by Gasteiger charge is 2.36. The number of carboxylic acid groups (broad SMARTS) is 1. The van der Waals surface area contributed by atoms with Gasteiger partial charge in [-0.25, -0.2) is 4.79 Å². The SMILES string of the molecule is CC1CC1c1ccc(CNc2ccc(C(=O)O)cc2)o1. The number of rotatable bonds is 5. The van der Waals surface area contributed by atoms with Crippen molar-refractivity contribution in [3.8, 4) is 0 Å². The number of hydrogen-bond donors (Lipinski definition) is 2. The molecule has 0 amide bonds. The number of anilines is 1. The minimum atomic E-state index is -0.911. The Morgan fingerprint density at radius 3 is 2.60 bits per heavy atom. The molecule has 1 saturated carbocycles. The van der Waals surface area contributed by atoms with Crippen LogP contribution in [0, 0.1) is 5.92 Å². The predicted molar refractivity (Wildman–Crippen MR) is 76.0 cm³/mol. The van der Waals surface area contributed by atoms with Crippen molar-refractivity contribution in [2.75, 3.05) is 5.32 Å². The molecule has 0 bridgehead atoms. The van der Waals surface area contributed by atoms with Crippen LogP contribution >= 0.6 is 0 Å². The van der Waals surface area contributed by atoms with Gasteiger partial charge in [0.05, 0.1) is 12.1 Å². The lowest BCUT2D eigenvalue weighted by molar-refractivity contribution is 0.0697. The molecule has 1 aliphatic carbocycles. The molecule has 1 heterocycles. The molecule has 0 aliphatic heterocycles. The lowest BCUT2D eigenvalue weighted by Crippen LogP contribution is -2.00. The summed E-state index contributed by atoms with van der Waals surface area (Å²) in [7, 11) is 0. The zero-order valence-corrected chi connectivity index (χ0v) is 11.3. The van der Waals surface area contributed by atoms with Gasteiger partial charge >= 0.3 is 5.97 Å². The van der Waals surface area contributed by atoms with E-state index < -0.39 is 5.97 Å². The molecular formula is C16H17NO3. The van der Waals surface area contributed by atoms with E-state index in [-0.39, 0.29) is 0 Å². The second-order valence-corrected chi connectivity index (χ2v) is 5.36. The number of carboxylic acids is 1. The van der Waals surface area contributed by atoms with E-state index in [1.807, 2.05) is 6.07 Å². The summed E-state index contributed by atoms with van der Waals surface area (Å²) in [6.07, 6.45) is 1.22. The predicted octanol–water partition coefficient (Wildman–Crippen LogP) is 3.71. The van der Waals surface area contributed by atoms with E-state index in [4.69, 9.17) is 9.52 Å². The molecule has 3 rings (SSSR count). The first-order valence-corrected chi connectivity index (χ1v) is 6.79. The van der Waals surface area contributed by atoms with Crippen LogP contribution in [0.15, 0.2) is 40.8 Å². The molecule has 20 heavy (non-hydrogen) atoms. The Balaban J connectivity index is 1.58. The van der Waals surface area contributed by atoms with Crippen molar-refractivity contribution >= 4 is 11.7 Å². The van der Waals surface area contributed by atoms with Gasteiger partial charge in [-0.1, -0.05) is 6.92 Å². The lowest BCUT2D eigenvalue weighted by Gasteiger charge is -2.04. The van der Waals surface area contributed by atoms with E-state index in [9.17, 15) is 4.79 Å². The lowest BCUT2D eigenvalue weighted by atomic mass is 10.2. The first-order valence-electron chi connectivity index (χ1n) is 6.79. The molecular weight excluding hydrogens is 254 g/mol. The summed E-state index contributed by atoms with van der Waals surface area (Å²) < 4.78 is 5.81. The van der Waals surface area contributed by atoms with Crippen molar-refractivity contribution in [3.63, 3.8) is 0 Å². The van der Waals surface area contributed by atoms with Gasteiger partial charge in [0.25, 0.3) is 0 Å². The van der Waals surface area contributed by atoms with E-state index in [0.29, 0.717) is 18.0 Å². The van der Waals surface area contributed by atoms with Gasteiger partial charge in [-0.3, -0.25) is 0 Å². The first kappa shape index (κ1) is 12.8. The zero-order valence-electron chi connectivity index (χ0n) is 11.3. The highest BCUT2D eigenvalue weighted by atomic mass is 16.4. The third-order valence-electron chi connectivity index (χ3n) is 3.76. The van der Waals surface area contributed by atoms with Crippen molar-refractivity contribution in [2.45, 2.75) is 25.8 Å². The highest BCUT2D eigenvalue weighted by Crippen LogP contribution is 2.47. The summed E-state index contributed by atoms with van der Waals surface area (Å²) in [5, 5.41) is 12.1. The largest absolute Gasteiger partial charge is 0.478 e. The minimum Gasteiger partial charge on any atom is -0.478 e. The van der Waals surface area contributed by atoms with Crippen molar-refractivity contribution in [3.05, 3.63) is 53.5 Å². The summed E-state index contributed by atoms with van der Waals surface area (Å²) in [6, 6.07) is 10.7. The van der Waals surface area contributed by atoms with E-state index in [1.165, 1.54) is 6.42 Å². The minimum absolute atomic E-state index is 0.290. The van der Waals surface area contributed by atoms with E-state index in [0.717, 1.165) is 23.1 Å². The van der Waals surface area contributed by atoms with E-state index in [2.05, 4.69) is 18.3 Å². The summed E-state index contributed by atoms with van der Waals surface area (Å²) in [5.41, 5.74) is 1.17. The number of carbonyl (C=O) groups is 1. The molecule has 0 saturated heterocycles. The van der Waals surface area contributed by atoms with Crippen molar-refractivity contribution in [1.82, 2.24) is 0 Å². The molecule has 4 heteroatoms. The molecule has 104 valence electrons. The van der Waals surface area contributed by atoms with Crippen LogP contribution in [0.4, 0.5) is 5.69 Å². The summed E-state index contributed by atoms with van der Waals surface area (Å²) in [6.45, 7) is 2.84. The third-order valence-corrected chi connectivity index (χ3v) is 3.76. The maximum atomic E-state index is 10.8. The fraction of sp³-hybridized carbons (Fsp3) is 0.312. The molecule has 2 aromatic rings. The van der Waals surface area contributed by atoms with Crippen LogP contribution in [0.2, 0.25) is 0 Å². The van der Waals surface area contributed by atoms with Gasteiger partial charge < -0.3 is 14.8 Å². The Morgan fingerprint density at radius 1 is 1.30 bits per heavy atom. The molecule has 4 nitrogen and oxygen atoms in total. The molecule has 2 N–H and O–H groups in total. The Morgan fingerprint density at radius 2 is 2.00 bits per heavy atom. The van der Waals surface area contributed by atoms with Gasteiger partial charge in [-0.2, -0.15) is 0 Å².